The van der Waals surface area contributed by atoms with Crippen molar-refractivity contribution >= 4 is 34.7 Å². The first-order chi connectivity index (χ1) is 15.4. The molecule has 2 aromatic carbocycles. The number of carbonyl (C=O) groups excluding carboxylic acids is 2. The van der Waals surface area contributed by atoms with Gasteiger partial charge in [0.05, 0.1) is 32.5 Å². The van der Waals surface area contributed by atoms with E-state index in [1.807, 2.05) is 13.8 Å². The van der Waals surface area contributed by atoms with Crippen LogP contribution < -0.4 is 24.3 Å². The second kappa shape index (κ2) is 11.9. The highest BCUT2D eigenvalue weighted by Gasteiger charge is 2.24. The normalized spacial score (nSPS) is 11.7. The zero-order chi connectivity index (χ0) is 23.7. The number of methoxy groups -OCH3 is 2. The molecule has 1 atom stereocenters. The smallest absolute Gasteiger partial charge is 0.258 e. The van der Waals surface area contributed by atoms with Gasteiger partial charge in [-0.25, -0.2) is 0 Å². The summed E-state index contributed by atoms with van der Waals surface area (Å²) in [5.74, 6) is 0.364. The van der Waals surface area contributed by atoms with Crippen molar-refractivity contribution in [3.05, 3.63) is 35.4 Å². The number of hydrogen-bond donors (Lipinski definition) is 1. The zero-order valence-electron chi connectivity index (χ0n) is 18.6. The number of halogens is 1. The zero-order valence-corrected chi connectivity index (χ0v) is 19.4. The predicted molar refractivity (Wildman–Crippen MR) is 121 cm³/mol. The number of nitrogens with zero attached hydrogens (tertiary/aromatic N) is 2. The van der Waals surface area contributed by atoms with Gasteiger partial charge in [-0.2, -0.15) is 10.2 Å². The lowest BCUT2D eigenvalue weighted by Gasteiger charge is -2.15. The van der Waals surface area contributed by atoms with Gasteiger partial charge < -0.3 is 24.3 Å². The van der Waals surface area contributed by atoms with Crippen LogP contribution in [0.1, 0.15) is 20.8 Å². The SMILES string of the molecule is CCOc1cc(NC(=O)C(N=Nc2cccc(OC)c2OC)C(C)=O)cc(Cl)c1OCC. The minimum Gasteiger partial charge on any atom is -0.493 e. The summed E-state index contributed by atoms with van der Waals surface area (Å²) in [5, 5.41) is 10.9. The molecule has 0 aliphatic heterocycles. The van der Waals surface area contributed by atoms with Crippen molar-refractivity contribution in [1.82, 2.24) is 0 Å². The second-order valence-corrected chi connectivity index (χ2v) is 6.79. The van der Waals surface area contributed by atoms with Crippen LogP contribution in [0, 0.1) is 0 Å². The van der Waals surface area contributed by atoms with Crippen LogP contribution in [0.4, 0.5) is 11.4 Å². The molecular formula is C22H26ClN3O6. The largest absolute Gasteiger partial charge is 0.493 e. The van der Waals surface area contributed by atoms with Crippen molar-refractivity contribution in [3.8, 4) is 23.0 Å². The monoisotopic (exact) mass is 463 g/mol. The van der Waals surface area contributed by atoms with Crippen molar-refractivity contribution in [2.24, 2.45) is 10.2 Å². The molecular weight excluding hydrogens is 438 g/mol. The van der Waals surface area contributed by atoms with Gasteiger partial charge in [0.15, 0.2) is 28.8 Å². The number of amides is 1. The van der Waals surface area contributed by atoms with Gasteiger partial charge in [-0.15, -0.1) is 0 Å². The first-order valence-corrected chi connectivity index (χ1v) is 10.3. The molecule has 32 heavy (non-hydrogen) atoms. The van der Waals surface area contributed by atoms with E-state index in [0.29, 0.717) is 47.6 Å². The Bertz CT molecular complexity index is 996. The lowest BCUT2D eigenvalue weighted by Crippen LogP contribution is -2.31. The molecule has 2 rings (SSSR count). The number of ketones is 1. The summed E-state index contributed by atoms with van der Waals surface area (Å²) in [6, 6.07) is 6.70. The molecule has 0 bridgehead atoms. The molecule has 0 aromatic heterocycles. The van der Waals surface area contributed by atoms with Gasteiger partial charge in [0.25, 0.3) is 5.91 Å². The highest BCUT2D eigenvalue weighted by Crippen LogP contribution is 2.39. The van der Waals surface area contributed by atoms with Crippen LogP contribution in [0.15, 0.2) is 40.6 Å². The van der Waals surface area contributed by atoms with E-state index in [9.17, 15) is 9.59 Å². The number of azo groups is 1. The van der Waals surface area contributed by atoms with E-state index in [1.54, 1.807) is 24.3 Å². The first kappa shape index (κ1) is 24.9. The Morgan fingerprint density at radius 1 is 1.03 bits per heavy atom. The highest BCUT2D eigenvalue weighted by molar-refractivity contribution is 6.32. The number of rotatable bonds is 11. The van der Waals surface area contributed by atoms with E-state index < -0.39 is 17.7 Å². The summed E-state index contributed by atoms with van der Waals surface area (Å²) in [5.41, 5.74) is 0.640. The highest BCUT2D eigenvalue weighted by atomic mass is 35.5. The Kier molecular flexibility index (Phi) is 9.27. The van der Waals surface area contributed by atoms with Crippen LogP contribution in [-0.2, 0) is 9.59 Å². The summed E-state index contributed by atoms with van der Waals surface area (Å²) in [4.78, 5) is 24.9. The summed E-state index contributed by atoms with van der Waals surface area (Å²) in [7, 11) is 2.95. The fraction of sp³-hybridized carbons (Fsp3) is 0.364. The molecule has 0 saturated heterocycles. The maximum Gasteiger partial charge on any atom is 0.258 e. The lowest BCUT2D eigenvalue weighted by molar-refractivity contribution is -0.126. The van der Waals surface area contributed by atoms with Crippen LogP contribution in [0.5, 0.6) is 23.0 Å². The van der Waals surface area contributed by atoms with E-state index >= 15 is 0 Å². The van der Waals surface area contributed by atoms with E-state index in [-0.39, 0.29) is 5.02 Å². The average Bonchev–Trinajstić information content (AvgIpc) is 2.75. The Morgan fingerprint density at radius 3 is 2.34 bits per heavy atom. The van der Waals surface area contributed by atoms with Gasteiger partial charge in [0.1, 0.15) is 5.69 Å². The summed E-state index contributed by atoms with van der Waals surface area (Å²) >= 11 is 6.29. The topological polar surface area (TPSA) is 108 Å². The van der Waals surface area contributed by atoms with E-state index in [1.165, 1.54) is 27.2 Å². The Morgan fingerprint density at radius 2 is 1.75 bits per heavy atom. The first-order valence-electron chi connectivity index (χ1n) is 9.88. The number of ether oxygens (including phenoxy) is 4. The molecule has 0 saturated carbocycles. The maximum absolute atomic E-state index is 12.8. The number of carbonyl (C=O) groups is 2. The molecule has 0 spiro atoms. The van der Waals surface area contributed by atoms with Crippen LogP contribution in [0.25, 0.3) is 0 Å². The number of benzene rings is 2. The average molecular weight is 464 g/mol. The summed E-state index contributed by atoms with van der Waals surface area (Å²) in [6.45, 7) is 5.66. The van der Waals surface area contributed by atoms with Crippen molar-refractivity contribution < 1.29 is 28.5 Å². The Balaban J connectivity index is 2.30. The Labute approximate surface area is 191 Å². The Hall–Kier alpha value is -3.33. The molecule has 1 unspecified atom stereocenters. The fourth-order valence-corrected chi connectivity index (χ4v) is 3.05. The van der Waals surface area contributed by atoms with Gasteiger partial charge in [-0.05, 0) is 39.0 Å². The molecule has 10 heteroatoms. The molecule has 2 aromatic rings. The van der Waals surface area contributed by atoms with Crippen LogP contribution in [-0.4, -0.2) is 45.2 Å². The molecule has 1 N–H and O–H groups in total. The van der Waals surface area contributed by atoms with Crippen molar-refractivity contribution in [1.29, 1.82) is 0 Å². The third kappa shape index (κ3) is 6.10. The molecule has 9 nitrogen and oxygen atoms in total. The molecule has 172 valence electrons. The maximum atomic E-state index is 12.8. The van der Waals surface area contributed by atoms with Gasteiger partial charge in [0, 0.05) is 11.8 Å². The lowest BCUT2D eigenvalue weighted by atomic mass is 10.2. The van der Waals surface area contributed by atoms with Gasteiger partial charge in [-0.3, -0.25) is 9.59 Å². The van der Waals surface area contributed by atoms with Crippen LogP contribution in [0.3, 0.4) is 0 Å². The minimum atomic E-state index is -1.38. The quantitative estimate of drug-likeness (QED) is 0.377. The summed E-state index contributed by atoms with van der Waals surface area (Å²) in [6.07, 6.45) is 0. The molecule has 0 radical (unpaired) electrons. The van der Waals surface area contributed by atoms with E-state index in [4.69, 9.17) is 30.5 Å². The van der Waals surface area contributed by atoms with E-state index in [2.05, 4.69) is 15.5 Å². The van der Waals surface area contributed by atoms with Crippen LogP contribution >= 0.6 is 11.6 Å². The van der Waals surface area contributed by atoms with Crippen molar-refractivity contribution in [3.63, 3.8) is 0 Å². The van der Waals surface area contributed by atoms with E-state index in [0.717, 1.165) is 0 Å². The van der Waals surface area contributed by atoms with Crippen molar-refractivity contribution in [2.75, 3.05) is 32.8 Å². The number of nitrogens with one attached hydrogen (secondary N) is 1. The summed E-state index contributed by atoms with van der Waals surface area (Å²) < 4.78 is 21.6. The number of hydrogen-bond acceptors (Lipinski definition) is 8. The van der Waals surface area contributed by atoms with Crippen LogP contribution in [0.2, 0.25) is 5.02 Å². The number of Topliss-reactive ketones (excluding diaryl/α,β-unsaturated/α-hetero) is 1. The van der Waals surface area contributed by atoms with Gasteiger partial charge >= 0.3 is 0 Å². The van der Waals surface area contributed by atoms with Gasteiger partial charge in [0.2, 0.25) is 6.04 Å². The molecule has 1 amide bonds. The van der Waals surface area contributed by atoms with Crippen molar-refractivity contribution in [2.45, 2.75) is 26.8 Å². The fourth-order valence-electron chi connectivity index (χ4n) is 2.79. The molecule has 0 aliphatic carbocycles. The number of anilines is 1. The predicted octanol–water partition coefficient (Wildman–Crippen LogP) is 4.83. The standard InChI is InChI=1S/C22H26ClN3O6/c1-6-31-18-12-14(11-15(23)20(18)32-7-2)24-22(28)19(13(3)27)26-25-16-9-8-10-17(29-4)21(16)30-5/h8-12,19H,6-7H2,1-5H3,(H,24,28). The molecule has 0 heterocycles. The second-order valence-electron chi connectivity index (χ2n) is 6.38. The van der Waals surface area contributed by atoms with Gasteiger partial charge in [-0.1, -0.05) is 17.7 Å². The molecule has 0 fully saturated rings. The third-order valence-electron chi connectivity index (χ3n) is 4.16. The number of para-hydroxylation sites is 1. The minimum absolute atomic E-state index is 0.259. The third-order valence-corrected chi connectivity index (χ3v) is 4.44. The molecule has 0 aliphatic rings.